The number of benzene rings is 2. The first-order valence-electron chi connectivity index (χ1n) is 13.7. The predicted molar refractivity (Wildman–Crippen MR) is 159 cm³/mol. The molecule has 0 saturated carbocycles. The number of halogens is 4. The SMILES string of the molecule is CN1CCN(Cc2ccc(C(=O)Nc3cc(Oc4nc(-c5ccncc5)nc5[nH]ncc45)ccc3Cl)cc2C(F)(F)F)CC1. The lowest BCUT2D eigenvalue weighted by Crippen LogP contribution is -2.44. The molecule has 4 heterocycles. The topological polar surface area (TPSA) is 112 Å². The van der Waals surface area contributed by atoms with Gasteiger partial charge in [0.2, 0.25) is 5.88 Å². The van der Waals surface area contributed by atoms with Crippen LogP contribution in [0.15, 0.2) is 67.1 Å². The summed E-state index contributed by atoms with van der Waals surface area (Å²) in [6, 6.07) is 11.7. The summed E-state index contributed by atoms with van der Waals surface area (Å²) >= 11 is 6.36. The van der Waals surface area contributed by atoms with E-state index in [0.717, 1.165) is 19.2 Å². The molecule has 10 nitrogen and oxygen atoms in total. The number of pyridine rings is 1. The molecule has 2 N–H and O–H groups in total. The van der Waals surface area contributed by atoms with E-state index in [4.69, 9.17) is 16.3 Å². The van der Waals surface area contributed by atoms with Crippen molar-refractivity contribution in [2.75, 3.05) is 38.5 Å². The number of carbonyl (C=O) groups is 1. The minimum atomic E-state index is -4.63. The molecular formula is C30H26ClF3N8O2. The number of hydrogen-bond donors (Lipinski definition) is 2. The van der Waals surface area contributed by atoms with Gasteiger partial charge in [0.1, 0.15) is 11.1 Å². The maximum atomic E-state index is 14.1. The molecule has 0 spiro atoms. The Bertz CT molecular complexity index is 1810. The minimum Gasteiger partial charge on any atom is -0.438 e. The van der Waals surface area contributed by atoms with Gasteiger partial charge in [-0.05, 0) is 49.0 Å². The van der Waals surface area contributed by atoms with Gasteiger partial charge in [-0.3, -0.25) is 19.8 Å². The summed E-state index contributed by atoms with van der Waals surface area (Å²) in [6.07, 6.45) is 0.118. The minimum absolute atomic E-state index is 0.119. The Morgan fingerprint density at radius 1 is 1.05 bits per heavy atom. The first-order chi connectivity index (χ1) is 21.1. The second-order valence-electron chi connectivity index (χ2n) is 10.4. The van der Waals surface area contributed by atoms with Crippen LogP contribution >= 0.6 is 11.6 Å². The second kappa shape index (κ2) is 12.2. The Labute approximate surface area is 254 Å². The number of ether oxygens (including phenoxy) is 1. The Balaban J connectivity index is 1.24. The molecule has 2 aromatic carbocycles. The Hall–Kier alpha value is -4.59. The number of fused-ring (bicyclic) bond motifs is 1. The number of anilines is 1. The van der Waals surface area contributed by atoms with Gasteiger partial charge >= 0.3 is 6.18 Å². The van der Waals surface area contributed by atoms with Crippen molar-refractivity contribution < 1.29 is 22.7 Å². The largest absolute Gasteiger partial charge is 0.438 e. The highest BCUT2D eigenvalue weighted by Crippen LogP contribution is 2.35. The maximum absolute atomic E-state index is 14.1. The number of carbonyl (C=O) groups excluding carboxylic acids is 1. The fourth-order valence-corrected chi connectivity index (χ4v) is 5.02. The van der Waals surface area contributed by atoms with Crippen LogP contribution < -0.4 is 10.1 Å². The van der Waals surface area contributed by atoms with Crippen molar-refractivity contribution >= 4 is 34.2 Å². The van der Waals surface area contributed by atoms with Gasteiger partial charge in [-0.1, -0.05) is 17.7 Å². The number of H-pyrrole nitrogens is 1. The molecule has 5 aromatic rings. The van der Waals surface area contributed by atoms with E-state index >= 15 is 0 Å². The fraction of sp³-hybridized carbons (Fsp3) is 0.233. The van der Waals surface area contributed by atoms with Gasteiger partial charge in [0, 0.05) is 62.3 Å². The number of likely N-dealkylation sites (N-methyl/N-ethyl adjacent to an activating group) is 1. The molecule has 0 atom stereocenters. The van der Waals surface area contributed by atoms with Crippen LogP contribution in [0.4, 0.5) is 18.9 Å². The molecule has 0 bridgehead atoms. The third kappa shape index (κ3) is 6.49. The molecule has 3 aromatic heterocycles. The van der Waals surface area contributed by atoms with Crippen molar-refractivity contribution in [3.8, 4) is 23.0 Å². The molecule has 226 valence electrons. The van der Waals surface area contributed by atoms with Crippen LogP contribution in [0, 0.1) is 0 Å². The molecule has 1 aliphatic rings. The number of amides is 1. The number of alkyl halides is 3. The normalized spacial score (nSPS) is 14.6. The molecule has 44 heavy (non-hydrogen) atoms. The zero-order chi connectivity index (χ0) is 30.8. The van der Waals surface area contributed by atoms with E-state index in [1.165, 1.54) is 30.5 Å². The average Bonchev–Trinajstić information content (AvgIpc) is 3.49. The van der Waals surface area contributed by atoms with Crippen molar-refractivity contribution in [1.29, 1.82) is 0 Å². The highest BCUT2D eigenvalue weighted by molar-refractivity contribution is 6.34. The van der Waals surface area contributed by atoms with Gasteiger partial charge in [0.05, 0.1) is 22.5 Å². The molecule has 1 fully saturated rings. The molecule has 6 rings (SSSR count). The monoisotopic (exact) mass is 622 g/mol. The lowest BCUT2D eigenvalue weighted by molar-refractivity contribution is -0.138. The highest BCUT2D eigenvalue weighted by Gasteiger charge is 2.34. The summed E-state index contributed by atoms with van der Waals surface area (Å²) in [7, 11) is 1.98. The summed E-state index contributed by atoms with van der Waals surface area (Å²) in [5, 5.41) is 10.1. The second-order valence-corrected chi connectivity index (χ2v) is 10.8. The summed E-state index contributed by atoms with van der Waals surface area (Å²) in [6.45, 7) is 3.03. The number of rotatable bonds is 7. The zero-order valence-electron chi connectivity index (χ0n) is 23.4. The molecular weight excluding hydrogens is 597 g/mol. The summed E-state index contributed by atoms with van der Waals surface area (Å²) < 4.78 is 48.3. The predicted octanol–water partition coefficient (Wildman–Crippen LogP) is 5.88. The Kier molecular flexibility index (Phi) is 8.17. The zero-order valence-corrected chi connectivity index (χ0v) is 24.2. The number of hydrogen-bond acceptors (Lipinski definition) is 8. The van der Waals surface area contributed by atoms with Crippen molar-refractivity contribution in [3.05, 3.63) is 88.8 Å². The van der Waals surface area contributed by atoms with Crippen LogP contribution in [-0.4, -0.2) is 74.1 Å². The lowest BCUT2D eigenvalue weighted by Gasteiger charge is -2.33. The van der Waals surface area contributed by atoms with Crippen molar-refractivity contribution in [3.63, 3.8) is 0 Å². The van der Waals surface area contributed by atoms with Gasteiger partial charge in [-0.15, -0.1) is 0 Å². The van der Waals surface area contributed by atoms with Gasteiger partial charge in [-0.25, -0.2) is 4.98 Å². The van der Waals surface area contributed by atoms with Gasteiger partial charge in [-0.2, -0.15) is 23.3 Å². The third-order valence-electron chi connectivity index (χ3n) is 7.28. The Morgan fingerprint density at radius 2 is 1.82 bits per heavy atom. The smallest absolute Gasteiger partial charge is 0.416 e. The molecule has 0 radical (unpaired) electrons. The first-order valence-corrected chi connectivity index (χ1v) is 14.0. The lowest BCUT2D eigenvalue weighted by atomic mass is 10.0. The van der Waals surface area contributed by atoms with E-state index in [1.54, 1.807) is 30.6 Å². The number of nitrogens with zero attached hydrogens (tertiary/aromatic N) is 6. The summed E-state index contributed by atoms with van der Waals surface area (Å²) in [5.74, 6) is 0.0871. The van der Waals surface area contributed by atoms with Crippen molar-refractivity contribution in [2.24, 2.45) is 0 Å². The van der Waals surface area contributed by atoms with E-state index in [-0.39, 0.29) is 40.0 Å². The number of piperazine rings is 1. The molecule has 14 heteroatoms. The highest BCUT2D eigenvalue weighted by atomic mass is 35.5. The molecule has 0 unspecified atom stereocenters. The van der Waals surface area contributed by atoms with Crippen LogP contribution in [-0.2, 0) is 12.7 Å². The van der Waals surface area contributed by atoms with E-state index in [2.05, 4.69) is 35.4 Å². The quantitative estimate of drug-likeness (QED) is 0.232. The fourth-order valence-electron chi connectivity index (χ4n) is 4.85. The number of aromatic nitrogens is 5. The van der Waals surface area contributed by atoms with Gasteiger partial charge in [0.15, 0.2) is 11.5 Å². The number of aromatic amines is 1. The molecule has 1 amide bonds. The van der Waals surface area contributed by atoms with Gasteiger partial charge < -0.3 is 15.0 Å². The van der Waals surface area contributed by atoms with Crippen LogP contribution in [0.2, 0.25) is 5.02 Å². The molecule has 1 saturated heterocycles. The molecule has 1 aliphatic heterocycles. The third-order valence-corrected chi connectivity index (χ3v) is 7.61. The maximum Gasteiger partial charge on any atom is 0.416 e. The van der Waals surface area contributed by atoms with Crippen molar-refractivity contribution in [1.82, 2.24) is 34.9 Å². The van der Waals surface area contributed by atoms with Crippen molar-refractivity contribution in [2.45, 2.75) is 12.7 Å². The van der Waals surface area contributed by atoms with Crippen LogP contribution in [0.5, 0.6) is 11.6 Å². The van der Waals surface area contributed by atoms with Crippen LogP contribution in [0.3, 0.4) is 0 Å². The van der Waals surface area contributed by atoms with E-state index in [1.807, 2.05) is 11.9 Å². The number of nitrogens with one attached hydrogen (secondary N) is 2. The molecule has 0 aliphatic carbocycles. The van der Waals surface area contributed by atoms with Gasteiger partial charge in [0.25, 0.3) is 5.91 Å². The van der Waals surface area contributed by atoms with E-state index < -0.39 is 17.6 Å². The van der Waals surface area contributed by atoms with E-state index in [0.29, 0.717) is 35.5 Å². The van der Waals surface area contributed by atoms with Crippen LogP contribution in [0.25, 0.3) is 22.4 Å². The van der Waals surface area contributed by atoms with Crippen LogP contribution in [0.1, 0.15) is 21.5 Å². The summed E-state index contributed by atoms with van der Waals surface area (Å²) in [5.41, 5.74) is 0.425. The summed E-state index contributed by atoms with van der Waals surface area (Å²) in [4.78, 5) is 30.3. The Morgan fingerprint density at radius 3 is 2.57 bits per heavy atom. The average molecular weight is 623 g/mol. The standard InChI is InChI=1S/C30H26ClF3N8O2/c1-41-10-12-42(13-11-41)17-20-3-2-19(14-23(20)30(32,33)34)28(43)37-25-15-21(4-5-24(25)31)44-29-22-16-36-40-27(22)38-26(39-29)18-6-8-35-9-7-18/h2-9,14-16H,10-13,17H2,1H3,(H,37,43)(H,36,38,39,40). The first kappa shape index (κ1) is 29.5. The van der Waals surface area contributed by atoms with E-state index in [9.17, 15) is 18.0 Å².